The predicted molar refractivity (Wildman–Crippen MR) is 237 cm³/mol. The highest BCUT2D eigenvalue weighted by Gasteiger charge is 2.41. The number of unbranched alkanes of at least 4 members (excludes halogenated alkanes) is 20. The van der Waals surface area contributed by atoms with Crippen LogP contribution in [0.5, 0.6) is 0 Å². The fourth-order valence-corrected chi connectivity index (χ4v) is 9.27. The van der Waals surface area contributed by atoms with Crippen LogP contribution in [0.2, 0.25) is 18.1 Å². The molecule has 306 valence electrons. The summed E-state index contributed by atoms with van der Waals surface area (Å²) in [6, 6.07) is 10.8. The van der Waals surface area contributed by atoms with Crippen LogP contribution in [0.3, 0.4) is 0 Å². The largest absolute Gasteiger partial charge is 0.469 e. The highest BCUT2D eigenvalue weighted by Crippen LogP contribution is 2.38. The van der Waals surface area contributed by atoms with Crippen molar-refractivity contribution >= 4 is 25.7 Å². The molecule has 0 unspecified atom stereocenters. The van der Waals surface area contributed by atoms with Crippen LogP contribution >= 0.6 is 12.2 Å². The fraction of sp³-hybridized carbons (Fsp3) is 0.809. The number of nitrogens with zero attached hydrogens (tertiary/aromatic N) is 1. The molecular formula is C47H85NO3SSi. The zero-order valence-electron chi connectivity index (χ0n) is 35.9. The Kier molecular flexibility index (Phi) is 25.5. The summed E-state index contributed by atoms with van der Waals surface area (Å²) in [5, 5.41) is 12.5. The normalized spacial score (nSPS) is 17.1. The second-order valence-corrected chi connectivity index (χ2v) is 23.1. The molecular weight excluding hydrogens is 687 g/mol. The number of thiocarbonyl (C=S) groups is 1. The molecule has 1 fully saturated rings. The van der Waals surface area contributed by atoms with Crippen molar-refractivity contribution in [3.63, 3.8) is 0 Å². The van der Waals surface area contributed by atoms with Gasteiger partial charge in [0.1, 0.15) is 6.61 Å². The molecule has 1 heterocycles. The van der Waals surface area contributed by atoms with E-state index in [1.54, 1.807) is 0 Å². The van der Waals surface area contributed by atoms with Crippen molar-refractivity contribution in [1.29, 1.82) is 0 Å². The lowest BCUT2D eigenvalue weighted by molar-refractivity contribution is -0.0105. The van der Waals surface area contributed by atoms with Gasteiger partial charge < -0.3 is 19.2 Å². The lowest BCUT2D eigenvalue weighted by Crippen LogP contribution is -2.49. The molecule has 0 saturated carbocycles. The number of aliphatic hydroxyl groups excluding tert-OH is 1. The van der Waals surface area contributed by atoms with Crippen molar-refractivity contribution < 1.29 is 14.3 Å². The van der Waals surface area contributed by atoms with Gasteiger partial charge in [0.05, 0.1) is 18.2 Å². The second-order valence-electron chi connectivity index (χ2n) is 18.0. The zero-order chi connectivity index (χ0) is 38.8. The van der Waals surface area contributed by atoms with Gasteiger partial charge in [-0.2, -0.15) is 0 Å². The standard InChI is InChI=1S/C47H85NO3SSi/c1-8-9-10-11-12-13-14-15-16-17-18-19-20-21-22-23-24-25-26-27-28-29-30-34-37-43(45(49)41(2)51-53(6,7)47(3,4)5)39-48-44(40-50-46(48)52)38-42-35-32-31-33-36-42/h15-16,31-33,35-36,41,43-45,49H,8-14,17-30,34,37-40H2,1-7H3/b16-15-/t41-,43-,44-,45+/m0/s1. The summed E-state index contributed by atoms with van der Waals surface area (Å²) in [5.41, 5.74) is 1.30. The third-order valence-electron chi connectivity index (χ3n) is 12.2. The molecule has 0 aliphatic carbocycles. The quantitative estimate of drug-likeness (QED) is 0.0342. The van der Waals surface area contributed by atoms with E-state index in [1.807, 2.05) is 0 Å². The van der Waals surface area contributed by atoms with Gasteiger partial charge in [-0.15, -0.1) is 0 Å². The highest BCUT2D eigenvalue weighted by atomic mass is 32.1. The summed E-state index contributed by atoms with van der Waals surface area (Å²) in [4.78, 5) is 2.26. The number of hydrogen-bond acceptors (Lipinski definition) is 4. The van der Waals surface area contributed by atoms with Gasteiger partial charge in [0.2, 0.25) is 0 Å². The van der Waals surface area contributed by atoms with Crippen LogP contribution in [-0.4, -0.2) is 54.9 Å². The average molecular weight is 772 g/mol. The number of hydrogen-bond donors (Lipinski definition) is 1. The summed E-state index contributed by atoms with van der Waals surface area (Å²) in [6.45, 7) is 17.1. The average Bonchev–Trinajstić information content (AvgIpc) is 3.46. The lowest BCUT2D eigenvalue weighted by Gasteiger charge is -2.41. The fourth-order valence-electron chi connectivity index (χ4n) is 7.55. The molecule has 1 aromatic rings. The second kappa shape index (κ2) is 28.2. The molecule has 1 aliphatic heterocycles. The maximum Gasteiger partial charge on any atom is 0.259 e. The monoisotopic (exact) mass is 772 g/mol. The molecule has 0 spiro atoms. The van der Waals surface area contributed by atoms with Gasteiger partial charge in [-0.25, -0.2) is 0 Å². The van der Waals surface area contributed by atoms with Gasteiger partial charge in [-0.3, -0.25) is 0 Å². The Labute approximate surface area is 335 Å². The third kappa shape index (κ3) is 21.0. The molecule has 4 atom stereocenters. The van der Waals surface area contributed by atoms with E-state index in [9.17, 15) is 5.11 Å². The van der Waals surface area contributed by atoms with Gasteiger partial charge in [0.15, 0.2) is 8.32 Å². The maximum atomic E-state index is 11.8. The molecule has 1 saturated heterocycles. The van der Waals surface area contributed by atoms with E-state index in [1.165, 1.54) is 140 Å². The number of ether oxygens (including phenoxy) is 1. The van der Waals surface area contributed by atoms with Crippen LogP contribution in [0.4, 0.5) is 0 Å². The molecule has 0 radical (unpaired) electrons. The van der Waals surface area contributed by atoms with Crippen LogP contribution in [0.25, 0.3) is 0 Å². The van der Waals surface area contributed by atoms with Crippen LogP contribution in [0, 0.1) is 5.92 Å². The Morgan fingerprint density at radius 3 is 1.75 bits per heavy atom. The van der Waals surface area contributed by atoms with E-state index in [-0.39, 0.29) is 23.1 Å². The first-order valence-corrected chi connectivity index (χ1v) is 25.8. The summed E-state index contributed by atoms with van der Waals surface area (Å²) in [7, 11) is -2.01. The van der Waals surface area contributed by atoms with Crippen molar-refractivity contribution in [3.8, 4) is 0 Å². The molecule has 1 aromatic carbocycles. The first-order chi connectivity index (χ1) is 25.5. The molecule has 0 aromatic heterocycles. The van der Waals surface area contributed by atoms with Crippen molar-refractivity contribution in [2.24, 2.45) is 5.92 Å². The topological polar surface area (TPSA) is 41.9 Å². The van der Waals surface area contributed by atoms with E-state index in [4.69, 9.17) is 21.4 Å². The van der Waals surface area contributed by atoms with Crippen LogP contribution < -0.4 is 0 Å². The van der Waals surface area contributed by atoms with E-state index in [2.05, 4.69) is 95.1 Å². The summed E-state index contributed by atoms with van der Waals surface area (Å²) in [6.07, 6.45) is 35.9. The Hall–Kier alpha value is -1.21. The third-order valence-corrected chi connectivity index (χ3v) is 17.1. The Balaban J connectivity index is 1.62. The van der Waals surface area contributed by atoms with Crippen LogP contribution in [0.15, 0.2) is 42.5 Å². The molecule has 4 nitrogen and oxygen atoms in total. The smallest absolute Gasteiger partial charge is 0.259 e. The molecule has 1 aliphatic rings. The number of allylic oxidation sites excluding steroid dienone is 2. The molecule has 6 heteroatoms. The van der Waals surface area contributed by atoms with E-state index in [0.29, 0.717) is 11.8 Å². The first kappa shape index (κ1) is 47.9. The Morgan fingerprint density at radius 1 is 0.792 bits per heavy atom. The predicted octanol–water partition coefficient (Wildman–Crippen LogP) is 14.2. The molecule has 53 heavy (non-hydrogen) atoms. The summed E-state index contributed by atoms with van der Waals surface area (Å²) < 4.78 is 12.6. The van der Waals surface area contributed by atoms with Gasteiger partial charge in [0.25, 0.3) is 5.17 Å². The van der Waals surface area contributed by atoms with Gasteiger partial charge in [0, 0.05) is 12.5 Å². The lowest BCUT2D eigenvalue weighted by atomic mass is 9.91. The number of benzene rings is 1. The van der Waals surface area contributed by atoms with Crippen molar-refractivity contribution in [3.05, 3.63) is 48.0 Å². The van der Waals surface area contributed by atoms with Crippen molar-refractivity contribution in [1.82, 2.24) is 4.90 Å². The zero-order valence-corrected chi connectivity index (χ0v) is 37.7. The SMILES string of the molecule is CCCCCCCC/C=C\CCCCCCCCCCCCCCCC[C@@H](CN1C(=S)OC[C@@H]1Cc1ccccc1)[C@H](O)[C@H](C)O[Si](C)(C)C(C)(C)C. The highest BCUT2D eigenvalue weighted by molar-refractivity contribution is 7.80. The Morgan fingerprint density at radius 2 is 1.26 bits per heavy atom. The van der Waals surface area contributed by atoms with Crippen LogP contribution in [0.1, 0.15) is 188 Å². The van der Waals surface area contributed by atoms with Gasteiger partial charge >= 0.3 is 0 Å². The maximum absolute atomic E-state index is 11.8. The van der Waals surface area contributed by atoms with Crippen LogP contribution in [-0.2, 0) is 15.6 Å². The molecule has 0 amide bonds. The minimum absolute atomic E-state index is 0.0873. The van der Waals surface area contributed by atoms with E-state index in [0.717, 1.165) is 25.8 Å². The molecule has 0 bridgehead atoms. The summed E-state index contributed by atoms with van der Waals surface area (Å²) >= 11 is 5.71. The number of rotatable bonds is 32. The van der Waals surface area contributed by atoms with E-state index >= 15 is 0 Å². The molecule has 2 rings (SSSR count). The minimum Gasteiger partial charge on any atom is -0.469 e. The molecule has 1 N–H and O–H groups in total. The number of aliphatic hydroxyl groups is 1. The first-order valence-electron chi connectivity index (χ1n) is 22.4. The van der Waals surface area contributed by atoms with Gasteiger partial charge in [-0.05, 0) is 81.4 Å². The van der Waals surface area contributed by atoms with E-state index < -0.39 is 14.4 Å². The summed E-state index contributed by atoms with van der Waals surface area (Å²) in [5.74, 6) is 0.0873. The minimum atomic E-state index is -2.01. The van der Waals surface area contributed by atoms with Crippen molar-refractivity contribution in [2.75, 3.05) is 13.2 Å². The van der Waals surface area contributed by atoms with Crippen molar-refractivity contribution in [2.45, 2.75) is 225 Å². The Bertz CT molecular complexity index is 1070. The van der Waals surface area contributed by atoms with Gasteiger partial charge in [-0.1, -0.05) is 186 Å².